The molecule has 1 rings (SSSR count). The third kappa shape index (κ3) is 2.15. The van der Waals surface area contributed by atoms with Crippen molar-refractivity contribution in [2.45, 2.75) is 23.8 Å². The van der Waals surface area contributed by atoms with Crippen molar-refractivity contribution in [1.29, 1.82) is 0 Å². The molecule has 0 atom stereocenters. The van der Waals surface area contributed by atoms with E-state index in [4.69, 9.17) is 5.11 Å². The zero-order valence-electron chi connectivity index (χ0n) is 6.55. The topological polar surface area (TPSA) is 32.3 Å². The van der Waals surface area contributed by atoms with Gasteiger partial charge in [0.05, 0.1) is 6.61 Å². The van der Waals surface area contributed by atoms with Crippen LogP contribution in [0.15, 0.2) is 0 Å². The summed E-state index contributed by atoms with van der Waals surface area (Å²) in [6, 6.07) is 0. The second-order valence-electron chi connectivity index (χ2n) is 3.32. The molecule has 60 valence electrons. The van der Waals surface area contributed by atoms with E-state index in [1.54, 1.807) is 0 Å². The summed E-state index contributed by atoms with van der Waals surface area (Å²) in [4.78, 5) is 0. The number of nitrogens with one attached hydrogen (secondary N) is 1. The van der Waals surface area contributed by atoms with Crippen molar-refractivity contribution in [2.75, 3.05) is 19.7 Å². The third-order valence-corrected chi connectivity index (χ3v) is 3.04. The highest BCUT2D eigenvalue weighted by atomic mass is 32.2. The lowest BCUT2D eigenvalue weighted by Crippen LogP contribution is -2.47. The van der Waals surface area contributed by atoms with Crippen molar-refractivity contribution in [3.8, 4) is 0 Å². The van der Waals surface area contributed by atoms with Gasteiger partial charge in [-0.1, -0.05) is 0 Å². The predicted octanol–water partition coefficient (Wildman–Crippen LogP) is 0.462. The molecule has 0 bridgehead atoms. The number of aliphatic hydroxyl groups is 1. The summed E-state index contributed by atoms with van der Waals surface area (Å²) < 4.78 is 0.0484. The highest BCUT2D eigenvalue weighted by molar-refractivity contribution is 8.01. The van der Waals surface area contributed by atoms with Crippen LogP contribution in [0.25, 0.3) is 0 Å². The molecule has 0 aromatic carbocycles. The van der Waals surface area contributed by atoms with Gasteiger partial charge in [-0.25, -0.2) is 0 Å². The Bertz CT molecular complexity index is 112. The molecule has 1 aliphatic heterocycles. The molecule has 3 heteroatoms. The molecule has 0 aliphatic carbocycles. The van der Waals surface area contributed by atoms with Gasteiger partial charge in [-0.15, -0.1) is 11.8 Å². The minimum Gasteiger partial charge on any atom is -0.395 e. The summed E-state index contributed by atoms with van der Waals surface area (Å²) in [6.45, 7) is 6.64. The number of thioether (sulfide) groups is 1. The van der Waals surface area contributed by atoms with E-state index in [-0.39, 0.29) is 11.4 Å². The van der Waals surface area contributed by atoms with Crippen LogP contribution in [0.2, 0.25) is 0 Å². The molecule has 1 fully saturated rings. The van der Waals surface area contributed by atoms with Crippen molar-refractivity contribution < 1.29 is 5.11 Å². The maximum Gasteiger partial charge on any atom is 0.0572 e. The maximum absolute atomic E-state index is 8.92. The summed E-state index contributed by atoms with van der Waals surface area (Å²) in [7, 11) is 0. The summed E-state index contributed by atoms with van der Waals surface area (Å²) in [5, 5.41) is 12.9. The molecule has 0 saturated carbocycles. The Morgan fingerprint density at radius 3 is 2.50 bits per heavy atom. The first-order valence-corrected chi connectivity index (χ1v) is 4.51. The zero-order chi connectivity index (χ0) is 7.61. The molecule has 0 aromatic rings. The lowest BCUT2D eigenvalue weighted by Gasteiger charge is -2.33. The minimum absolute atomic E-state index is 0.0484. The summed E-state index contributed by atoms with van der Waals surface area (Å²) in [5.41, 5.74) is 0. The van der Waals surface area contributed by atoms with Gasteiger partial charge in [0.1, 0.15) is 0 Å². The highest BCUT2D eigenvalue weighted by Crippen LogP contribution is 2.29. The van der Waals surface area contributed by atoms with Crippen LogP contribution in [-0.2, 0) is 0 Å². The molecular weight excluding hydrogens is 146 g/mol. The van der Waals surface area contributed by atoms with Crippen LogP contribution in [-0.4, -0.2) is 34.8 Å². The van der Waals surface area contributed by atoms with E-state index in [1.807, 2.05) is 11.8 Å². The average molecular weight is 161 g/mol. The minimum atomic E-state index is 0.0484. The molecule has 0 amide bonds. The third-order valence-electron chi connectivity index (χ3n) is 1.61. The molecule has 10 heavy (non-hydrogen) atoms. The second-order valence-corrected chi connectivity index (χ2v) is 5.32. The fraction of sp³-hybridized carbons (Fsp3) is 1.00. The molecule has 2 nitrogen and oxygen atoms in total. The van der Waals surface area contributed by atoms with Crippen molar-refractivity contribution in [3.05, 3.63) is 0 Å². The fourth-order valence-electron chi connectivity index (χ4n) is 0.834. The van der Waals surface area contributed by atoms with Gasteiger partial charge < -0.3 is 10.4 Å². The summed E-state index contributed by atoms with van der Waals surface area (Å²) in [5.74, 6) is 0. The number of hydrogen-bond donors (Lipinski definition) is 2. The summed E-state index contributed by atoms with van der Waals surface area (Å²) in [6.07, 6.45) is 0. The molecule has 0 spiro atoms. The van der Waals surface area contributed by atoms with Crippen LogP contribution in [0.4, 0.5) is 0 Å². The molecule has 1 aliphatic rings. The van der Waals surface area contributed by atoms with Gasteiger partial charge in [0.15, 0.2) is 0 Å². The van der Waals surface area contributed by atoms with Gasteiger partial charge in [-0.05, 0) is 13.8 Å². The SMILES string of the molecule is CC(C)(CO)SC1CNC1. The van der Waals surface area contributed by atoms with Crippen LogP contribution in [0, 0.1) is 0 Å². The lowest BCUT2D eigenvalue weighted by molar-refractivity contribution is 0.264. The van der Waals surface area contributed by atoms with Crippen LogP contribution in [0.3, 0.4) is 0 Å². The Morgan fingerprint density at radius 1 is 1.60 bits per heavy atom. The fourth-order valence-corrected chi connectivity index (χ4v) is 2.21. The van der Waals surface area contributed by atoms with Gasteiger partial charge in [-0.3, -0.25) is 0 Å². The monoisotopic (exact) mass is 161 g/mol. The van der Waals surface area contributed by atoms with Crippen molar-refractivity contribution in [1.82, 2.24) is 5.32 Å². The first-order chi connectivity index (χ1) is 4.64. The predicted molar refractivity (Wildman–Crippen MR) is 45.4 cm³/mol. The van der Waals surface area contributed by atoms with Crippen molar-refractivity contribution >= 4 is 11.8 Å². The first kappa shape index (κ1) is 8.37. The van der Waals surface area contributed by atoms with E-state index in [2.05, 4.69) is 19.2 Å². The van der Waals surface area contributed by atoms with Gasteiger partial charge in [0.25, 0.3) is 0 Å². The van der Waals surface area contributed by atoms with Gasteiger partial charge >= 0.3 is 0 Å². The van der Waals surface area contributed by atoms with Gasteiger partial charge in [0.2, 0.25) is 0 Å². The van der Waals surface area contributed by atoms with Crippen LogP contribution in [0.5, 0.6) is 0 Å². The number of hydrogen-bond acceptors (Lipinski definition) is 3. The second kappa shape index (κ2) is 3.11. The highest BCUT2D eigenvalue weighted by Gasteiger charge is 2.26. The first-order valence-electron chi connectivity index (χ1n) is 3.63. The van der Waals surface area contributed by atoms with E-state index in [1.165, 1.54) is 0 Å². The zero-order valence-corrected chi connectivity index (χ0v) is 7.37. The maximum atomic E-state index is 8.92. The van der Waals surface area contributed by atoms with Crippen LogP contribution >= 0.6 is 11.8 Å². The van der Waals surface area contributed by atoms with Gasteiger partial charge in [-0.2, -0.15) is 0 Å². The number of aliphatic hydroxyl groups excluding tert-OH is 1. The van der Waals surface area contributed by atoms with E-state index in [0.717, 1.165) is 18.3 Å². The normalized spacial score (nSPS) is 20.7. The Morgan fingerprint density at radius 2 is 2.20 bits per heavy atom. The van der Waals surface area contributed by atoms with Crippen molar-refractivity contribution in [2.24, 2.45) is 0 Å². The molecule has 2 N–H and O–H groups in total. The molecular formula is C7H15NOS. The Labute approximate surface area is 66.4 Å². The quantitative estimate of drug-likeness (QED) is 0.631. The van der Waals surface area contributed by atoms with Crippen LogP contribution < -0.4 is 5.32 Å². The Balaban J connectivity index is 2.21. The smallest absolute Gasteiger partial charge is 0.0572 e. The van der Waals surface area contributed by atoms with E-state index in [0.29, 0.717) is 0 Å². The molecule has 0 aromatic heterocycles. The van der Waals surface area contributed by atoms with E-state index in [9.17, 15) is 0 Å². The van der Waals surface area contributed by atoms with E-state index >= 15 is 0 Å². The van der Waals surface area contributed by atoms with Crippen LogP contribution in [0.1, 0.15) is 13.8 Å². The standard InChI is InChI=1S/C7H15NOS/c1-7(2,5-9)10-6-3-8-4-6/h6,8-9H,3-5H2,1-2H3. The summed E-state index contributed by atoms with van der Waals surface area (Å²) >= 11 is 1.88. The van der Waals surface area contributed by atoms with Gasteiger partial charge in [0, 0.05) is 23.1 Å². The molecule has 1 saturated heterocycles. The van der Waals surface area contributed by atoms with Crippen molar-refractivity contribution in [3.63, 3.8) is 0 Å². The Kier molecular flexibility index (Phi) is 2.61. The largest absolute Gasteiger partial charge is 0.395 e. The molecule has 0 radical (unpaired) electrons. The Hall–Kier alpha value is 0.270. The number of rotatable bonds is 3. The van der Waals surface area contributed by atoms with E-state index < -0.39 is 0 Å². The molecule has 1 heterocycles. The average Bonchev–Trinajstić information content (AvgIpc) is 1.80. The lowest BCUT2D eigenvalue weighted by atomic mass is 10.2. The molecule has 0 unspecified atom stereocenters.